The Morgan fingerprint density at radius 3 is 2.86 bits per heavy atom. The molecule has 0 saturated heterocycles. The van der Waals surface area contributed by atoms with E-state index in [0.717, 1.165) is 16.3 Å². The molecule has 7 N–H and O–H groups in total. The van der Waals surface area contributed by atoms with Gasteiger partial charge < -0.3 is 27.2 Å². The van der Waals surface area contributed by atoms with Gasteiger partial charge in [0.05, 0.1) is 11.3 Å². The van der Waals surface area contributed by atoms with Crippen LogP contribution in [0, 0.1) is 5.92 Å². The van der Waals surface area contributed by atoms with Crippen molar-refractivity contribution in [1.29, 1.82) is 0 Å². The van der Waals surface area contributed by atoms with Crippen molar-refractivity contribution in [2.75, 3.05) is 6.54 Å². The second-order valence-electron chi connectivity index (χ2n) is 6.54. The zero-order valence-electron chi connectivity index (χ0n) is 15.0. The number of thiophene rings is 1. The summed E-state index contributed by atoms with van der Waals surface area (Å²) in [6, 6.07) is 2.11. The second kappa shape index (κ2) is 7.80. The molecule has 1 aromatic rings. The maximum Gasteiger partial charge on any atom is 0.326 e. The molecule has 11 heteroatoms. The zero-order chi connectivity index (χ0) is 20.4. The summed E-state index contributed by atoms with van der Waals surface area (Å²) < 4.78 is 0. The van der Waals surface area contributed by atoms with E-state index in [2.05, 4.69) is 20.6 Å². The first-order chi connectivity index (χ1) is 13.3. The van der Waals surface area contributed by atoms with Crippen molar-refractivity contribution in [2.45, 2.75) is 25.3 Å². The molecule has 148 valence electrons. The Labute approximate surface area is 164 Å². The van der Waals surface area contributed by atoms with E-state index < -0.39 is 30.2 Å². The van der Waals surface area contributed by atoms with Gasteiger partial charge in [-0.15, -0.1) is 11.3 Å². The number of aliphatic imine (C=N–C) groups is 2. The van der Waals surface area contributed by atoms with Gasteiger partial charge in [0.2, 0.25) is 5.91 Å². The summed E-state index contributed by atoms with van der Waals surface area (Å²) in [6.07, 6.45) is 1.24. The topological polar surface area (TPSA) is 172 Å². The van der Waals surface area contributed by atoms with Crippen LogP contribution in [0.1, 0.15) is 33.8 Å². The molecule has 0 saturated carbocycles. The number of aliphatic carboxylic acids is 1. The normalized spacial score (nSPS) is 20.0. The van der Waals surface area contributed by atoms with Crippen LogP contribution in [-0.2, 0) is 9.59 Å². The van der Waals surface area contributed by atoms with Crippen LogP contribution in [0.4, 0.5) is 0 Å². The monoisotopic (exact) mass is 404 g/mol. The number of nitrogens with zero attached hydrogens (tertiary/aromatic N) is 2. The molecular weight excluding hydrogens is 384 g/mol. The predicted molar refractivity (Wildman–Crippen MR) is 104 cm³/mol. The highest BCUT2D eigenvalue weighted by molar-refractivity contribution is 7.14. The molecule has 0 bridgehead atoms. The number of rotatable bonds is 7. The van der Waals surface area contributed by atoms with Crippen molar-refractivity contribution in [3.63, 3.8) is 0 Å². The van der Waals surface area contributed by atoms with Gasteiger partial charge in [0.25, 0.3) is 5.91 Å². The fourth-order valence-electron chi connectivity index (χ4n) is 3.09. The van der Waals surface area contributed by atoms with Crippen LogP contribution >= 0.6 is 11.3 Å². The quantitative estimate of drug-likeness (QED) is 0.419. The fourth-order valence-corrected chi connectivity index (χ4v) is 4.12. The summed E-state index contributed by atoms with van der Waals surface area (Å²) in [5, 5.41) is 14.4. The van der Waals surface area contributed by atoms with Gasteiger partial charge in [-0.2, -0.15) is 0 Å². The average molecular weight is 404 g/mol. The Bertz CT molecular complexity index is 919. The number of hydrogen-bond donors (Lipinski definition) is 5. The van der Waals surface area contributed by atoms with Gasteiger partial charge in [-0.1, -0.05) is 6.92 Å². The number of nitrogens with two attached hydrogens (primary N) is 2. The Morgan fingerprint density at radius 2 is 2.18 bits per heavy atom. The lowest BCUT2D eigenvalue weighted by atomic mass is 9.87. The first-order valence-corrected chi connectivity index (χ1v) is 9.34. The molecular formula is C17H20N6O4S. The molecule has 0 radical (unpaired) electrons. The average Bonchev–Trinajstić information content (AvgIpc) is 3.27. The molecule has 2 unspecified atom stereocenters. The van der Waals surface area contributed by atoms with Crippen LogP contribution < -0.4 is 22.1 Å². The Hall–Kier alpha value is -3.21. The standard InChI is InChI=1S/C17H20N6O4S/c1-7(8-5-20-14-9(8)6-21-17(19)23-14)11-2-3-12(28-11)15(25)22-10(16(26)27)4-13(18)24/h2-3,6-8,10H,4-5H2,1H3,(H2,18,24)(H,22,25)(H,26,27)(H3,19,20,21,23)/t7?,8?,10-/m0/s1. The van der Waals surface area contributed by atoms with Crippen molar-refractivity contribution < 1.29 is 19.5 Å². The van der Waals surface area contributed by atoms with Gasteiger partial charge in [-0.3, -0.25) is 14.6 Å². The summed E-state index contributed by atoms with van der Waals surface area (Å²) in [5.74, 6) is -1.50. The molecule has 2 aliphatic rings. The number of amides is 2. The highest BCUT2D eigenvalue weighted by Gasteiger charge is 2.33. The number of hydrogen-bond acceptors (Lipinski definition) is 8. The minimum absolute atomic E-state index is 0.0660. The summed E-state index contributed by atoms with van der Waals surface area (Å²) in [4.78, 5) is 44.4. The van der Waals surface area contributed by atoms with Gasteiger partial charge in [-0.25, -0.2) is 9.79 Å². The van der Waals surface area contributed by atoms with Crippen LogP contribution in [0.15, 0.2) is 33.9 Å². The Morgan fingerprint density at radius 1 is 1.43 bits per heavy atom. The zero-order valence-corrected chi connectivity index (χ0v) is 15.8. The van der Waals surface area contributed by atoms with E-state index in [0.29, 0.717) is 17.4 Å². The molecule has 2 aliphatic heterocycles. The van der Waals surface area contributed by atoms with Crippen molar-refractivity contribution in [2.24, 2.45) is 27.4 Å². The van der Waals surface area contributed by atoms with E-state index in [1.807, 2.05) is 13.0 Å². The highest BCUT2D eigenvalue weighted by Crippen LogP contribution is 2.37. The predicted octanol–water partition coefficient (Wildman–Crippen LogP) is -0.260. The number of nitrogens with one attached hydrogen (secondary N) is 2. The van der Waals surface area contributed by atoms with Crippen LogP contribution in [0.3, 0.4) is 0 Å². The van der Waals surface area contributed by atoms with Gasteiger partial charge in [0.1, 0.15) is 11.9 Å². The lowest BCUT2D eigenvalue weighted by Crippen LogP contribution is -2.43. The maximum atomic E-state index is 12.4. The van der Waals surface area contributed by atoms with E-state index in [-0.39, 0.29) is 11.8 Å². The fraction of sp³-hybridized carbons (Fsp3) is 0.353. The van der Waals surface area contributed by atoms with E-state index in [1.54, 1.807) is 12.3 Å². The third kappa shape index (κ3) is 4.03. The van der Waals surface area contributed by atoms with E-state index in [1.165, 1.54) is 11.3 Å². The molecule has 3 heterocycles. The van der Waals surface area contributed by atoms with Crippen LogP contribution in [0.5, 0.6) is 0 Å². The van der Waals surface area contributed by atoms with Crippen molar-refractivity contribution >= 4 is 40.9 Å². The SMILES string of the molecule is CC(c1ccc(C(=O)N[C@@H](CC(N)=O)C(=O)O)s1)C1CN=C2NC(N)=NC=C21. The summed E-state index contributed by atoms with van der Waals surface area (Å²) in [5.41, 5.74) is 11.6. The van der Waals surface area contributed by atoms with Gasteiger partial charge >= 0.3 is 5.97 Å². The second-order valence-corrected chi connectivity index (χ2v) is 7.66. The molecule has 28 heavy (non-hydrogen) atoms. The number of guanidine groups is 1. The molecule has 2 amide bonds. The number of carboxylic acids is 1. The van der Waals surface area contributed by atoms with Gasteiger partial charge in [0, 0.05) is 29.1 Å². The Kier molecular flexibility index (Phi) is 5.45. The van der Waals surface area contributed by atoms with E-state index >= 15 is 0 Å². The number of primary amides is 1. The number of amidine groups is 1. The summed E-state index contributed by atoms with van der Waals surface area (Å²) in [6.45, 7) is 2.61. The smallest absolute Gasteiger partial charge is 0.326 e. The van der Waals surface area contributed by atoms with Crippen molar-refractivity contribution in [3.8, 4) is 0 Å². The third-order valence-corrected chi connectivity index (χ3v) is 5.90. The minimum atomic E-state index is -1.36. The molecule has 0 fully saturated rings. The van der Waals surface area contributed by atoms with Crippen LogP contribution in [0.25, 0.3) is 0 Å². The molecule has 10 nitrogen and oxygen atoms in total. The highest BCUT2D eigenvalue weighted by atomic mass is 32.1. The Balaban J connectivity index is 1.71. The number of carbonyl (C=O) groups is 3. The third-order valence-electron chi connectivity index (χ3n) is 4.62. The van der Waals surface area contributed by atoms with Gasteiger partial charge in [0.15, 0.2) is 5.96 Å². The van der Waals surface area contributed by atoms with Gasteiger partial charge in [-0.05, 0) is 18.1 Å². The summed E-state index contributed by atoms with van der Waals surface area (Å²) >= 11 is 1.27. The van der Waals surface area contributed by atoms with Crippen molar-refractivity contribution in [1.82, 2.24) is 10.6 Å². The van der Waals surface area contributed by atoms with E-state index in [4.69, 9.17) is 16.6 Å². The molecule has 3 rings (SSSR count). The first kappa shape index (κ1) is 19.5. The molecule has 0 aliphatic carbocycles. The maximum absolute atomic E-state index is 12.4. The summed E-state index contributed by atoms with van der Waals surface area (Å²) in [7, 11) is 0. The number of fused-ring (bicyclic) bond motifs is 1. The largest absolute Gasteiger partial charge is 0.480 e. The number of carbonyl (C=O) groups excluding carboxylic acids is 2. The molecule has 1 aromatic heterocycles. The lowest BCUT2D eigenvalue weighted by molar-refractivity contribution is -0.140. The van der Waals surface area contributed by atoms with Crippen LogP contribution in [-0.4, -0.2) is 47.3 Å². The molecule has 0 aromatic carbocycles. The number of carboxylic acid groups (broad SMARTS) is 1. The molecule has 0 spiro atoms. The molecule has 3 atom stereocenters. The minimum Gasteiger partial charge on any atom is -0.480 e. The van der Waals surface area contributed by atoms with Crippen LogP contribution in [0.2, 0.25) is 0 Å². The lowest BCUT2D eigenvalue weighted by Gasteiger charge is -2.21. The van der Waals surface area contributed by atoms with Crippen molar-refractivity contribution in [3.05, 3.63) is 33.7 Å². The van der Waals surface area contributed by atoms with E-state index in [9.17, 15) is 14.4 Å². The first-order valence-electron chi connectivity index (χ1n) is 8.53.